The van der Waals surface area contributed by atoms with Gasteiger partial charge in [0.1, 0.15) is 6.10 Å². The average Bonchev–Trinajstić information content (AvgIpc) is 2.68. The minimum atomic E-state index is -3.74. The predicted octanol–water partition coefficient (Wildman–Crippen LogP) is -0.299. The highest BCUT2D eigenvalue weighted by molar-refractivity contribution is 7.86. The van der Waals surface area contributed by atoms with Gasteiger partial charge in [-0.1, -0.05) is 0 Å². The van der Waals surface area contributed by atoms with E-state index in [0.29, 0.717) is 0 Å². The van der Waals surface area contributed by atoms with Crippen LogP contribution in [0.2, 0.25) is 0 Å². The number of hydrogen-bond donors (Lipinski definition) is 1. The number of alkyl carbamates (subject to hydrolysis) is 1. The van der Waals surface area contributed by atoms with Crippen LogP contribution in [0.15, 0.2) is 11.6 Å². The molecule has 1 heterocycles. The van der Waals surface area contributed by atoms with Gasteiger partial charge >= 0.3 is 12.1 Å². The van der Waals surface area contributed by atoms with Crippen molar-refractivity contribution in [2.24, 2.45) is 0 Å². The Morgan fingerprint density at radius 1 is 1.55 bits per heavy atom. The Morgan fingerprint density at radius 2 is 2.25 bits per heavy atom. The second-order valence-electron chi connectivity index (χ2n) is 4.50. The van der Waals surface area contributed by atoms with E-state index in [-0.39, 0.29) is 18.6 Å². The number of amides is 1. The van der Waals surface area contributed by atoms with E-state index < -0.39 is 40.4 Å². The Labute approximate surface area is 116 Å². The highest BCUT2D eigenvalue weighted by Gasteiger charge is 2.45. The highest BCUT2D eigenvalue weighted by atomic mass is 32.2. The first-order chi connectivity index (χ1) is 9.30. The van der Waals surface area contributed by atoms with Crippen LogP contribution in [-0.4, -0.2) is 51.6 Å². The van der Waals surface area contributed by atoms with Gasteiger partial charge in [-0.15, -0.1) is 0 Å². The van der Waals surface area contributed by atoms with E-state index in [9.17, 15) is 18.0 Å². The molecule has 112 valence electrons. The first kappa shape index (κ1) is 14.8. The van der Waals surface area contributed by atoms with Gasteiger partial charge in [0, 0.05) is 12.0 Å². The minimum Gasteiger partial charge on any atom is -0.463 e. The summed E-state index contributed by atoms with van der Waals surface area (Å²) < 4.78 is 37.3. The molecule has 2 rings (SSSR count). The summed E-state index contributed by atoms with van der Waals surface area (Å²) in [5, 5.41) is 2.48. The molecule has 9 heteroatoms. The molecular weight excluding hydrogens is 290 g/mol. The molecule has 0 aromatic heterocycles. The number of ether oxygens (including phenoxy) is 2. The van der Waals surface area contributed by atoms with Gasteiger partial charge in [-0.3, -0.25) is 4.18 Å². The average molecular weight is 305 g/mol. The second kappa shape index (κ2) is 5.41. The molecule has 1 N–H and O–H groups in total. The smallest absolute Gasteiger partial charge is 0.408 e. The zero-order valence-electron chi connectivity index (χ0n) is 11.0. The number of fused-ring (bicyclic) bond motifs is 1. The van der Waals surface area contributed by atoms with E-state index in [1.165, 1.54) is 6.08 Å². The molecule has 1 saturated heterocycles. The first-order valence-corrected chi connectivity index (χ1v) is 7.85. The van der Waals surface area contributed by atoms with Crippen molar-refractivity contribution >= 4 is 22.2 Å². The van der Waals surface area contributed by atoms with Gasteiger partial charge in [-0.05, 0) is 13.0 Å². The summed E-state index contributed by atoms with van der Waals surface area (Å²) in [6, 6.07) is -0.609. The molecule has 0 spiro atoms. The van der Waals surface area contributed by atoms with Gasteiger partial charge in [0.05, 0.1) is 18.9 Å². The lowest BCUT2D eigenvalue weighted by Crippen LogP contribution is -2.44. The van der Waals surface area contributed by atoms with Gasteiger partial charge in [0.25, 0.3) is 10.1 Å². The van der Waals surface area contributed by atoms with E-state index >= 15 is 0 Å². The first-order valence-electron chi connectivity index (χ1n) is 6.03. The topological polar surface area (TPSA) is 108 Å². The molecule has 1 aliphatic heterocycles. The van der Waals surface area contributed by atoms with Crippen LogP contribution in [0.1, 0.15) is 13.3 Å². The van der Waals surface area contributed by atoms with Crippen LogP contribution < -0.4 is 5.32 Å². The molecule has 0 unspecified atom stereocenters. The van der Waals surface area contributed by atoms with E-state index in [4.69, 9.17) is 13.7 Å². The Kier molecular flexibility index (Phi) is 4.00. The van der Waals surface area contributed by atoms with E-state index in [2.05, 4.69) is 5.32 Å². The number of carbonyl (C=O) groups is 2. The standard InChI is InChI=1S/C11H15NO7S/c1-3-17-10(13)6-4-7-9(18-11(14)12-7)8(5-6)19-20(2,15)16/h4,7-9H,3,5H2,1-2H3,(H,12,14)/t7-,8+,9-/m0/s1. The van der Waals surface area contributed by atoms with Crippen molar-refractivity contribution in [3.63, 3.8) is 0 Å². The van der Waals surface area contributed by atoms with Crippen LogP contribution in [0.5, 0.6) is 0 Å². The van der Waals surface area contributed by atoms with Crippen LogP contribution in [0.25, 0.3) is 0 Å². The van der Waals surface area contributed by atoms with Crippen molar-refractivity contribution in [3.8, 4) is 0 Å². The molecular formula is C11H15NO7S. The van der Waals surface area contributed by atoms with Gasteiger partial charge in [-0.25, -0.2) is 9.59 Å². The van der Waals surface area contributed by atoms with Crippen LogP contribution in [0.4, 0.5) is 4.79 Å². The summed E-state index contributed by atoms with van der Waals surface area (Å²) in [6.07, 6.45) is 0.00367. The summed E-state index contributed by atoms with van der Waals surface area (Å²) in [6.45, 7) is 1.86. The quantitative estimate of drug-likeness (QED) is 0.561. The van der Waals surface area contributed by atoms with E-state index in [0.717, 1.165) is 6.26 Å². The SMILES string of the molecule is CCOC(=O)C1=C[C@@H]2NC(=O)O[C@@H]2[C@H](OS(C)(=O)=O)C1. The highest BCUT2D eigenvalue weighted by Crippen LogP contribution is 2.29. The molecule has 0 saturated carbocycles. The monoisotopic (exact) mass is 305 g/mol. The Balaban J connectivity index is 2.23. The van der Waals surface area contributed by atoms with Crippen molar-refractivity contribution in [1.29, 1.82) is 0 Å². The molecule has 1 amide bonds. The molecule has 0 aromatic rings. The molecule has 8 nitrogen and oxygen atoms in total. The van der Waals surface area contributed by atoms with Crippen LogP contribution in [-0.2, 0) is 28.6 Å². The largest absolute Gasteiger partial charge is 0.463 e. The molecule has 1 aliphatic carbocycles. The molecule has 1 fully saturated rings. The molecule has 20 heavy (non-hydrogen) atoms. The van der Waals surface area contributed by atoms with Crippen molar-refractivity contribution < 1.29 is 31.7 Å². The molecule has 0 bridgehead atoms. The minimum absolute atomic E-state index is 0.00201. The zero-order valence-corrected chi connectivity index (χ0v) is 11.8. The molecule has 2 aliphatic rings. The number of rotatable bonds is 4. The Bertz CT molecular complexity index is 553. The molecule has 0 radical (unpaired) electrons. The van der Waals surface area contributed by atoms with Crippen LogP contribution in [0.3, 0.4) is 0 Å². The maximum atomic E-state index is 11.7. The van der Waals surface area contributed by atoms with Gasteiger partial charge in [-0.2, -0.15) is 8.42 Å². The number of esters is 1. The summed E-state index contributed by atoms with van der Waals surface area (Å²) in [5.74, 6) is -0.561. The number of carbonyl (C=O) groups excluding carboxylic acids is 2. The van der Waals surface area contributed by atoms with E-state index in [1.54, 1.807) is 6.92 Å². The summed E-state index contributed by atoms with van der Waals surface area (Å²) in [4.78, 5) is 23.0. The van der Waals surface area contributed by atoms with Gasteiger partial charge in [0.2, 0.25) is 0 Å². The van der Waals surface area contributed by atoms with Gasteiger partial charge < -0.3 is 14.8 Å². The van der Waals surface area contributed by atoms with Crippen LogP contribution in [0, 0.1) is 0 Å². The van der Waals surface area contributed by atoms with Crippen molar-refractivity contribution in [3.05, 3.63) is 11.6 Å². The third-order valence-electron chi connectivity index (χ3n) is 2.89. The normalized spacial score (nSPS) is 29.0. The predicted molar refractivity (Wildman–Crippen MR) is 66.2 cm³/mol. The van der Waals surface area contributed by atoms with Gasteiger partial charge in [0.15, 0.2) is 6.10 Å². The van der Waals surface area contributed by atoms with E-state index in [1.807, 2.05) is 0 Å². The maximum absolute atomic E-state index is 11.7. The summed E-state index contributed by atoms with van der Waals surface area (Å²) >= 11 is 0. The fourth-order valence-corrected chi connectivity index (χ4v) is 2.83. The summed E-state index contributed by atoms with van der Waals surface area (Å²) in [7, 11) is -3.74. The van der Waals surface area contributed by atoms with Crippen molar-refractivity contribution in [2.75, 3.05) is 12.9 Å². The lowest BCUT2D eigenvalue weighted by molar-refractivity contribution is -0.139. The number of hydrogen-bond acceptors (Lipinski definition) is 7. The fourth-order valence-electron chi connectivity index (χ4n) is 2.20. The Morgan fingerprint density at radius 3 is 2.85 bits per heavy atom. The van der Waals surface area contributed by atoms with Crippen molar-refractivity contribution in [2.45, 2.75) is 31.6 Å². The van der Waals surface area contributed by atoms with Crippen molar-refractivity contribution in [1.82, 2.24) is 5.32 Å². The zero-order chi connectivity index (χ0) is 14.9. The third kappa shape index (κ3) is 3.28. The fraction of sp³-hybridized carbons (Fsp3) is 0.636. The number of nitrogens with one attached hydrogen (secondary N) is 1. The third-order valence-corrected chi connectivity index (χ3v) is 3.48. The Hall–Kier alpha value is -1.61. The summed E-state index contributed by atoms with van der Waals surface area (Å²) in [5.41, 5.74) is 0.257. The lowest BCUT2D eigenvalue weighted by atomic mass is 9.91. The molecule has 3 atom stereocenters. The lowest BCUT2D eigenvalue weighted by Gasteiger charge is -2.28. The second-order valence-corrected chi connectivity index (χ2v) is 6.10. The van der Waals surface area contributed by atoms with Crippen LogP contribution >= 0.6 is 0 Å². The molecule has 0 aromatic carbocycles. The maximum Gasteiger partial charge on any atom is 0.408 e.